The molecule has 0 aliphatic carbocycles. The van der Waals surface area contributed by atoms with Gasteiger partial charge in [0.15, 0.2) is 0 Å². The molecule has 1 aliphatic heterocycles. The highest BCUT2D eigenvalue weighted by molar-refractivity contribution is 5.79. The summed E-state index contributed by atoms with van der Waals surface area (Å²) in [6.45, 7) is 3.97. The Balaban J connectivity index is 1.62. The summed E-state index contributed by atoms with van der Waals surface area (Å²) in [5.74, 6) is 0.149. The fraction of sp³-hybridized carbons (Fsp3) is 0.321. The van der Waals surface area contributed by atoms with Crippen molar-refractivity contribution in [2.75, 3.05) is 25.5 Å². The highest BCUT2D eigenvalue weighted by atomic mass is 19.1. The summed E-state index contributed by atoms with van der Waals surface area (Å²) < 4.78 is 17.5. The van der Waals surface area contributed by atoms with Crippen LogP contribution in [0.5, 0.6) is 0 Å². The lowest BCUT2D eigenvalue weighted by molar-refractivity contribution is 0.203. The summed E-state index contributed by atoms with van der Waals surface area (Å²) in [5, 5.41) is 3.39. The van der Waals surface area contributed by atoms with Crippen LogP contribution in [0.2, 0.25) is 0 Å². The number of nitrogens with one attached hydrogen (secondary N) is 1. The predicted molar refractivity (Wildman–Crippen MR) is 140 cm³/mol. The Morgan fingerprint density at radius 1 is 1.00 bits per heavy atom. The second-order valence-electron chi connectivity index (χ2n) is 9.48. The molecular formula is C28H31FN6O. The van der Waals surface area contributed by atoms with Crippen LogP contribution in [0, 0.1) is 5.82 Å². The second kappa shape index (κ2) is 10.1. The second-order valence-corrected chi connectivity index (χ2v) is 9.48. The number of halogens is 1. The zero-order valence-electron chi connectivity index (χ0n) is 20.9. The van der Waals surface area contributed by atoms with E-state index in [0.717, 1.165) is 37.2 Å². The van der Waals surface area contributed by atoms with Crippen LogP contribution in [0.1, 0.15) is 37.4 Å². The molecule has 0 unspecified atom stereocenters. The molecule has 1 fully saturated rings. The Labute approximate surface area is 210 Å². The number of aromatic nitrogens is 4. The van der Waals surface area contributed by atoms with Crippen LogP contribution < -0.4 is 10.9 Å². The van der Waals surface area contributed by atoms with Gasteiger partial charge in [0.05, 0.1) is 29.0 Å². The molecule has 0 bridgehead atoms. The predicted octanol–water partition coefficient (Wildman–Crippen LogP) is 4.89. The van der Waals surface area contributed by atoms with E-state index in [-0.39, 0.29) is 23.5 Å². The van der Waals surface area contributed by atoms with Gasteiger partial charge in [0.1, 0.15) is 5.82 Å². The Morgan fingerprint density at radius 3 is 2.39 bits per heavy atom. The van der Waals surface area contributed by atoms with Gasteiger partial charge in [-0.3, -0.25) is 14.2 Å². The van der Waals surface area contributed by atoms with Crippen molar-refractivity contribution < 1.29 is 4.39 Å². The summed E-state index contributed by atoms with van der Waals surface area (Å²) >= 11 is 0. The minimum absolute atomic E-state index is 0.00451. The first-order valence-corrected chi connectivity index (χ1v) is 12.3. The van der Waals surface area contributed by atoms with Crippen molar-refractivity contribution in [2.45, 2.75) is 31.8 Å². The Hall–Kier alpha value is -3.78. The molecule has 0 amide bonds. The average Bonchev–Trinajstić information content (AvgIpc) is 3.16. The number of likely N-dealkylation sites (tertiary alicyclic amines) is 1. The molecule has 2 aromatic carbocycles. The van der Waals surface area contributed by atoms with Gasteiger partial charge in [-0.15, -0.1) is 0 Å². The van der Waals surface area contributed by atoms with E-state index in [0.29, 0.717) is 22.8 Å². The number of benzene rings is 2. The normalized spacial score (nSPS) is 15.7. The van der Waals surface area contributed by atoms with E-state index in [4.69, 9.17) is 4.98 Å². The number of rotatable bonds is 6. The van der Waals surface area contributed by atoms with E-state index in [1.807, 2.05) is 24.3 Å². The van der Waals surface area contributed by atoms with E-state index in [1.54, 1.807) is 30.1 Å². The van der Waals surface area contributed by atoms with E-state index < -0.39 is 0 Å². The maximum atomic E-state index is 13.7. The molecule has 1 saturated heterocycles. The van der Waals surface area contributed by atoms with Gasteiger partial charge in [0, 0.05) is 13.2 Å². The van der Waals surface area contributed by atoms with E-state index in [9.17, 15) is 9.18 Å². The number of hydrogen-bond acceptors (Lipinski definition) is 5. The molecule has 1 N–H and O–H groups in total. The smallest absolute Gasteiger partial charge is 0.274 e. The van der Waals surface area contributed by atoms with Gasteiger partial charge in [-0.1, -0.05) is 42.5 Å². The van der Waals surface area contributed by atoms with Crippen LogP contribution in [-0.2, 0) is 7.05 Å². The lowest BCUT2D eigenvalue weighted by atomic mass is 10.0. The van der Waals surface area contributed by atoms with Gasteiger partial charge in [-0.05, 0) is 69.2 Å². The monoisotopic (exact) mass is 486 g/mol. The lowest BCUT2D eigenvalue weighted by Crippen LogP contribution is -2.34. The summed E-state index contributed by atoms with van der Waals surface area (Å²) in [6, 6.07) is 18.2. The molecular weight excluding hydrogens is 455 g/mol. The van der Waals surface area contributed by atoms with Crippen molar-refractivity contribution in [3.8, 4) is 22.5 Å². The zero-order valence-corrected chi connectivity index (χ0v) is 20.9. The lowest BCUT2D eigenvalue weighted by Gasteiger charge is -2.31. The SMILES string of the molecule is C[C@H](Nc1nccc(-c2c(-c3ccc(F)cc3)c(=O)n(C)n2C2CCN(C)CC2)n1)c1ccccc1. The third-order valence-electron chi connectivity index (χ3n) is 7.01. The standard InChI is InChI=1S/C28H31FN6O/c1-19(20-7-5-4-6-8-20)31-28-30-16-13-24(32-28)26-25(21-9-11-22(29)12-10-21)27(36)34(3)35(26)23-14-17-33(2)18-15-23/h4-13,16,19,23H,14-15,17-18H2,1-3H3,(H,30,31,32)/t19-/m0/s1. The number of piperidine rings is 1. The molecule has 1 atom stereocenters. The molecule has 4 aromatic rings. The molecule has 8 heteroatoms. The molecule has 0 saturated carbocycles. The van der Waals surface area contributed by atoms with Crippen LogP contribution >= 0.6 is 0 Å². The molecule has 3 heterocycles. The molecule has 186 valence electrons. The molecule has 2 aromatic heterocycles. The summed E-state index contributed by atoms with van der Waals surface area (Å²) in [7, 11) is 3.92. The van der Waals surface area contributed by atoms with E-state index in [2.05, 4.69) is 46.0 Å². The Kier molecular flexibility index (Phi) is 6.69. The van der Waals surface area contributed by atoms with Gasteiger partial charge in [0.25, 0.3) is 5.56 Å². The first-order valence-electron chi connectivity index (χ1n) is 12.3. The third kappa shape index (κ3) is 4.68. The zero-order chi connectivity index (χ0) is 25.2. The maximum Gasteiger partial charge on any atom is 0.274 e. The maximum absolute atomic E-state index is 13.7. The molecule has 7 nitrogen and oxygen atoms in total. The van der Waals surface area contributed by atoms with Crippen LogP contribution in [0.15, 0.2) is 71.7 Å². The van der Waals surface area contributed by atoms with Crippen molar-refractivity contribution in [3.63, 3.8) is 0 Å². The van der Waals surface area contributed by atoms with Gasteiger partial charge < -0.3 is 10.2 Å². The van der Waals surface area contributed by atoms with Gasteiger partial charge >= 0.3 is 0 Å². The Morgan fingerprint density at radius 2 is 1.69 bits per heavy atom. The van der Waals surface area contributed by atoms with Crippen molar-refractivity contribution >= 4 is 5.95 Å². The van der Waals surface area contributed by atoms with Crippen molar-refractivity contribution in [1.29, 1.82) is 0 Å². The summed E-state index contributed by atoms with van der Waals surface area (Å²) in [5.41, 5.74) is 3.59. The third-order valence-corrected chi connectivity index (χ3v) is 7.01. The molecule has 0 spiro atoms. The van der Waals surface area contributed by atoms with Crippen molar-refractivity contribution in [1.82, 2.24) is 24.2 Å². The summed E-state index contributed by atoms with van der Waals surface area (Å²) in [6.07, 6.45) is 3.57. The largest absolute Gasteiger partial charge is 0.348 e. The van der Waals surface area contributed by atoms with Crippen LogP contribution in [0.3, 0.4) is 0 Å². The average molecular weight is 487 g/mol. The highest BCUT2D eigenvalue weighted by Crippen LogP contribution is 2.34. The van der Waals surface area contributed by atoms with Crippen LogP contribution in [0.4, 0.5) is 10.3 Å². The highest BCUT2D eigenvalue weighted by Gasteiger charge is 2.29. The first-order chi connectivity index (χ1) is 17.4. The van der Waals surface area contributed by atoms with Crippen molar-refractivity contribution in [2.24, 2.45) is 7.05 Å². The fourth-order valence-corrected chi connectivity index (χ4v) is 4.99. The fourth-order valence-electron chi connectivity index (χ4n) is 4.99. The molecule has 0 radical (unpaired) electrons. The molecule has 5 rings (SSSR count). The van der Waals surface area contributed by atoms with Crippen LogP contribution in [0.25, 0.3) is 22.5 Å². The number of anilines is 1. The number of nitrogens with zero attached hydrogens (tertiary/aromatic N) is 5. The molecule has 36 heavy (non-hydrogen) atoms. The number of hydrogen-bond donors (Lipinski definition) is 1. The Bertz CT molecular complexity index is 1390. The van der Waals surface area contributed by atoms with Gasteiger partial charge in [0.2, 0.25) is 5.95 Å². The molecule has 1 aliphatic rings. The quantitative estimate of drug-likeness (QED) is 0.420. The van der Waals surface area contributed by atoms with Gasteiger partial charge in [-0.25, -0.2) is 14.4 Å². The topological polar surface area (TPSA) is 68.0 Å². The summed E-state index contributed by atoms with van der Waals surface area (Å²) in [4.78, 5) is 25.2. The van der Waals surface area contributed by atoms with E-state index in [1.165, 1.54) is 12.1 Å². The minimum atomic E-state index is -0.338. The van der Waals surface area contributed by atoms with E-state index >= 15 is 0 Å². The minimum Gasteiger partial charge on any atom is -0.348 e. The van der Waals surface area contributed by atoms with Crippen molar-refractivity contribution in [3.05, 3.63) is 88.6 Å². The first kappa shape index (κ1) is 23.9. The van der Waals surface area contributed by atoms with Gasteiger partial charge in [-0.2, -0.15) is 0 Å². The van der Waals surface area contributed by atoms with Crippen LogP contribution in [-0.4, -0.2) is 44.4 Å².